The van der Waals surface area contributed by atoms with Crippen LogP contribution in [0.4, 0.5) is 4.79 Å². The molecule has 0 radical (unpaired) electrons. The lowest BCUT2D eigenvalue weighted by Gasteiger charge is -2.16. The van der Waals surface area contributed by atoms with Crippen LogP contribution in [-0.4, -0.2) is 45.5 Å². The van der Waals surface area contributed by atoms with Crippen molar-refractivity contribution in [2.75, 3.05) is 19.7 Å². The molecular formula is C16H20N4O2. The van der Waals surface area contributed by atoms with Gasteiger partial charge in [-0.1, -0.05) is 18.2 Å². The first kappa shape index (κ1) is 14.6. The minimum Gasteiger partial charge on any atom is -0.396 e. The summed E-state index contributed by atoms with van der Waals surface area (Å²) in [7, 11) is 0. The van der Waals surface area contributed by atoms with Crippen molar-refractivity contribution < 1.29 is 9.90 Å². The number of benzene rings is 1. The lowest BCUT2D eigenvalue weighted by molar-refractivity contribution is 0.198. The van der Waals surface area contributed by atoms with Gasteiger partial charge in [0.05, 0.1) is 11.9 Å². The highest BCUT2D eigenvalue weighted by Gasteiger charge is 2.25. The number of urea groups is 1. The Balaban J connectivity index is 1.54. The molecule has 2 aromatic rings. The van der Waals surface area contributed by atoms with Crippen LogP contribution in [0.1, 0.15) is 12.0 Å². The number of aliphatic hydroxyl groups excluding tert-OH is 1. The average molecular weight is 300 g/mol. The number of aliphatic hydroxyl groups is 1. The molecule has 2 N–H and O–H groups in total. The number of carbonyl (C=O) groups is 1. The molecule has 0 saturated carbocycles. The zero-order valence-corrected chi connectivity index (χ0v) is 12.4. The lowest BCUT2D eigenvalue weighted by atomic mass is 10.1. The number of aromatic nitrogens is 2. The van der Waals surface area contributed by atoms with Gasteiger partial charge in [0.15, 0.2) is 0 Å². The Kier molecular flexibility index (Phi) is 4.39. The van der Waals surface area contributed by atoms with Crippen LogP contribution in [0.2, 0.25) is 0 Å². The van der Waals surface area contributed by atoms with Crippen LogP contribution in [0.3, 0.4) is 0 Å². The van der Waals surface area contributed by atoms with E-state index in [2.05, 4.69) is 10.4 Å². The monoisotopic (exact) mass is 300 g/mol. The quantitative estimate of drug-likeness (QED) is 0.896. The molecule has 1 unspecified atom stereocenters. The van der Waals surface area contributed by atoms with Crippen LogP contribution < -0.4 is 5.32 Å². The summed E-state index contributed by atoms with van der Waals surface area (Å²) < 4.78 is 1.79. The average Bonchev–Trinajstić information content (AvgIpc) is 3.22. The SMILES string of the molecule is O=C(NCc1cnn(-c2ccccc2)c1)N1CCC(CO)C1. The minimum atomic E-state index is -0.0802. The van der Waals surface area contributed by atoms with Gasteiger partial charge in [0, 0.05) is 43.9 Å². The minimum absolute atomic E-state index is 0.0802. The first-order valence-corrected chi connectivity index (χ1v) is 7.49. The summed E-state index contributed by atoms with van der Waals surface area (Å²) in [5.74, 6) is 0.214. The fourth-order valence-electron chi connectivity index (χ4n) is 2.63. The van der Waals surface area contributed by atoms with Gasteiger partial charge in [0.1, 0.15) is 0 Å². The number of rotatable bonds is 4. The summed E-state index contributed by atoms with van der Waals surface area (Å²) in [6.07, 6.45) is 4.54. The third-order valence-corrected chi connectivity index (χ3v) is 3.93. The summed E-state index contributed by atoms with van der Waals surface area (Å²) in [6, 6.07) is 9.77. The van der Waals surface area contributed by atoms with Crippen molar-refractivity contribution >= 4 is 6.03 Å². The normalized spacial score (nSPS) is 17.7. The number of nitrogens with zero attached hydrogens (tertiary/aromatic N) is 3. The van der Waals surface area contributed by atoms with Gasteiger partial charge < -0.3 is 15.3 Å². The number of amides is 2. The summed E-state index contributed by atoms with van der Waals surface area (Å²) in [5, 5.41) is 16.3. The van der Waals surface area contributed by atoms with Crippen LogP contribution in [0.25, 0.3) is 5.69 Å². The summed E-state index contributed by atoms with van der Waals surface area (Å²) in [6.45, 7) is 1.94. The first-order chi connectivity index (χ1) is 10.8. The molecule has 3 rings (SSSR count). The molecule has 0 bridgehead atoms. The second-order valence-electron chi connectivity index (χ2n) is 5.57. The first-order valence-electron chi connectivity index (χ1n) is 7.49. The molecule has 6 nitrogen and oxygen atoms in total. The third-order valence-electron chi connectivity index (χ3n) is 3.93. The lowest BCUT2D eigenvalue weighted by Crippen LogP contribution is -2.38. The van der Waals surface area contributed by atoms with Crippen LogP contribution in [0, 0.1) is 5.92 Å². The van der Waals surface area contributed by atoms with Gasteiger partial charge in [-0.2, -0.15) is 5.10 Å². The highest BCUT2D eigenvalue weighted by Crippen LogP contribution is 2.15. The number of hydrogen-bond donors (Lipinski definition) is 2. The van der Waals surface area contributed by atoms with Crippen molar-refractivity contribution in [2.45, 2.75) is 13.0 Å². The van der Waals surface area contributed by atoms with Crippen molar-refractivity contribution in [1.82, 2.24) is 20.0 Å². The van der Waals surface area contributed by atoms with Gasteiger partial charge in [0.25, 0.3) is 0 Å². The molecule has 0 aliphatic carbocycles. The van der Waals surface area contributed by atoms with E-state index in [1.165, 1.54) is 0 Å². The largest absolute Gasteiger partial charge is 0.396 e. The number of carbonyl (C=O) groups excluding carboxylic acids is 1. The summed E-state index contributed by atoms with van der Waals surface area (Å²) >= 11 is 0. The van der Waals surface area contributed by atoms with E-state index < -0.39 is 0 Å². The fraction of sp³-hybridized carbons (Fsp3) is 0.375. The van der Waals surface area contributed by atoms with Crippen molar-refractivity contribution in [3.63, 3.8) is 0 Å². The molecule has 1 aromatic heterocycles. The highest BCUT2D eigenvalue weighted by molar-refractivity contribution is 5.74. The Morgan fingerprint density at radius 3 is 2.91 bits per heavy atom. The maximum Gasteiger partial charge on any atom is 0.317 e. The predicted molar refractivity (Wildman–Crippen MR) is 82.6 cm³/mol. The van der Waals surface area contributed by atoms with E-state index in [9.17, 15) is 4.79 Å². The molecule has 1 aliphatic rings. The number of para-hydroxylation sites is 1. The summed E-state index contributed by atoms with van der Waals surface area (Å²) in [5.41, 5.74) is 1.94. The molecule has 1 aliphatic heterocycles. The number of likely N-dealkylation sites (tertiary alicyclic amines) is 1. The Bertz CT molecular complexity index is 626. The van der Waals surface area contributed by atoms with E-state index >= 15 is 0 Å². The Hall–Kier alpha value is -2.34. The molecule has 1 aromatic carbocycles. The van der Waals surface area contributed by atoms with E-state index in [1.54, 1.807) is 15.8 Å². The van der Waals surface area contributed by atoms with Crippen LogP contribution in [0.15, 0.2) is 42.7 Å². The van der Waals surface area contributed by atoms with E-state index in [4.69, 9.17) is 5.11 Å². The molecule has 1 saturated heterocycles. The number of nitrogens with one attached hydrogen (secondary N) is 1. The molecule has 1 fully saturated rings. The number of hydrogen-bond acceptors (Lipinski definition) is 3. The highest BCUT2D eigenvalue weighted by atomic mass is 16.3. The van der Waals surface area contributed by atoms with Crippen molar-refractivity contribution in [2.24, 2.45) is 5.92 Å². The Morgan fingerprint density at radius 2 is 2.18 bits per heavy atom. The molecule has 2 heterocycles. The molecule has 22 heavy (non-hydrogen) atoms. The van der Waals surface area contributed by atoms with Gasteiger partial charge in [-0.15, -0.1) is 0 Å². The predicted octanol–water partition coefficient (Wildman–Crippen LogP) is 1.40. The standard InChI is InChI=1S/C16H20N4O2/c21-12-13-6-7-19(10-13)16(22)17-8-14-9-18-20(11-14)15-4-2-1-3-5-15/h1-5,9,11,13,21H,6-8,10,12H2,(H,17,22). The molecule has 116 valence electrons. The topological polar surface area (TPSA) is 70.4 Å². The Morgan fingerprint density at radius 1 is 1.36 bits per heavy atom. The van der Waals surface area contributed by atoms with Gasteiger partial charge >= 0.3 is 6.03 Å². The summed E-state index contributed by atoms with van der Waals surface area (Å²) in [4.78, 5) is 13.8. The van der Waals surface area contributed by atoms with E-state index in [0.717, 1.165) is 17.7 Å². The molecule has 1 atom stereocenters. The second-order valence-corrected chi connectivity index (χ2v) is 5.57. The van der Waals surface area contributed by atoms with Gasteiger partial charge in [-0.05, 0) is 18.6 Å². The van der Waals surface area contributed by atoms with E-state index in [1.807, 2.05) is 36.5 Å². The van der Waals surface area contributed by atoms with Gasteiger partial charge in [-0.25, -0.2) is 9.48 Å². The molecule has 2 amide bonds. The Labute approximate surface area is 129 Å². The van der Waals surface area contributed by atoms with E-state index in [0.29, 0.717) is 19.6 Å². The third kappa shape index (κ3) is 3.28. The fourth-order valence-corrected chi connectivity index (χ4v) is 2.63. The molecule has 6 heteroatoms. The zero-order valence-electron chi connectivity index (χ0n) is 12.4. The molecule has 0 spiro atoms. The van der Waals surface area contributed by atoms with Crippen LogP contribution in [0.5, 0.6) is 0 Å². The van der Waals surface area contributed by atoms with E-state index in [-0.39, 0.29) is 18.6 Å². The van der Waals surface area contributed by atoms with Gasteiger partial charge in [-0.3, -0.25) is 0 Å². The maximum absolute atomic E-state index is 12.1. The maximum atomic E-state index is 12.1. The van der Waals surface area contributed by atoms with Crippen LogP contribution >= 0.6 is 0 Å². The van der Waals surface area contributed by atoms with Crippen LogP contribution in [-0.2, 0) is 6.54 Å². The smallest absolute Gasteiger partial charge is 0.317 e. The zero-order chi connectivity index (χ0) is 15.4. The van der Waals surface area contributed by atoms with Crippen molar-refractivity contribution in [3.05, 3.63) is 48.3 Å². The molecular weight excluding hydrogens is 280 g/mol. The van der Waals surface area contributed by atoms with Crippen molar-refractivity contribution in [3.8, 4) is 5.69 Å². The second kappa shape index (κ2) is 6.62. The van der Waals surface area contributed by atoms with Gasteiger partial charge in [0.2, 0.25) is 0 Å². The van der Waals surface area contributed by atoms with Crippen molar-refractivity contribution in [1.29, 1.82) is 0 Å².